The Bertz CT molecular complexity index is 1170. The molecule has 2 atom stereocenters. The molecule has 1 heterocycles. The number of nitrogens with zero attached hydrogens (tertiary/aromatic N) is 2. The fraction of sp³-hybridized carbons (Fsp3) is 0.481. The molecule has 0 bridgehead atoms. The molecule has 1 aliphatic heterocycles. The van der Waals surface area contributed by atoms with Crippen LogP contribution in [0, 0.1) is 0 Å². The van der Waals surface area contributed by atoms with Crippen molar-refractivity contribution in [1.82, 2.24) is 10.2 Å². The summed E-state index contributed by atoms with van der Waals surface area (Å²) in [6.07, 6.45) is 2.73. The number of fused-ring (bicyclic) bond motifs is 1. The fourth-order valence-corrected chi connectivity index (χ4v) is 4.98. The highest BCUT2D eigenvalue weighted by molar-refractivity contribution is 7.92. The number of benzene rings is 2. The zero-order chi connectivity index (χ0) is 27.0. The normalized spacial score (nSPS) is 14.4. The quantitative estimate of drug-likeness (QED) is 0.452. The van der Waals surface area contributed by atoms with E-state index in [1.54, 1.807) is 18.2 Å². The largest absolute Gasteiger partial charge is 0.486 e. The van der Waals surface area contributed by atoms with Gasteiger partial charge in [0, 0.05) is 18.7 Å². The van der Waals surface area contributed by atoms with Gasteiger partial charge in [-0.25, -0.2) is 8.42 Å². The first-order valence-electron chi connectivity index (χ1n) is 12.6. The van der Waals surface area contributed by atoms with Gasteiger partial charge in [0.15, 0.2) is 11.5 Å². The predicted molar refractivity (Wildman–Crippen MR) is 143 cm³/mol. The van der Waals surface area contributed by atoms with Crippen LogP contribution in [-0.2, 0) is 26.0 Å². The second-order valence-electron chi connectivity index (χ2n) is 9.16. The maximum Gasteiger partial charge on any atom is 0.244 e. The molecule has 2 amide bonds. The third kappa shape index (κ3) is 7.61. The summed E-state index contributed by atoms with van der Waals surface area (Å²) < 4.78 is 37.8. The summed E-state index contributed by atoms with van der Waals surface area (Å²) in [5.74, 6) is 0.239. The number of hydrogen-bond donors (Lipinski definition) is 1. The van der Waals surface area contributed by atoms with E-state index in [4.69, 9.17) is 9.47 Å². The molecule has 0 aromatic heterocycles. The van der Waals surface area contributed by atoms with E-state index < -0.39 is 28.5 Å². The Hall–Kier alpha value is -3.27. The van der Waals surface area contributed by atoms with Crippen LogP contribution in [0.5, 0.6) is 11.5 Å². The molecule has 202 valence electrons. The first kappa shape index (κ1) is 28.3. The SMILES string of the molecule is CCC(C)NC(=O)C(CC)N(CCc1ccccc1)C(=O)CN(c1ccc2c(c1)OCCO2)S(C)(=O)=O. The average molecular weight is 532 g/mol. The molecule has 2 aromatic carbocycles. The van der Waals surface area contributed by atoms with Crippen LogP contribution >= 0.6 is 0 Å². The van der Waals surface area contributed by atoms with Gasteiger partial charge in [0.1, 0.15) is 25.8 Å². The van der Waals surface area contributed by atoms with Gasteiger partial charge in [-0.2, -0.15) is 0 Å². The van der Waals surface area contributed by atoms with Crippen molar-refractivity contribution in [3.63, 3.8) is 0 Å². The Balaban J connectivity index is 1.89. The maximum atomic E-state index is 13.7. The number of carbonyl (C=O) groups is 2. The van der Waals surface area contributed by atoms with Crippen LogP contribution in [0.15, 0.2) is 48.5 Å². The Morgan fingerprint density at radius 2 is 1.68 bits per heavy atom. The zero-order valence-electron chi connectivity index (χ0n) is 22.0. The van der Waals surface area contributed by atoms with Crippen LogP contribution in [0.3, 0.4) is 0 Å². The second kappa shape index (κ2) is 12.8. The first-order valence-corrected chi connectivity index (χ1v) is 14.5. The van der Waals surface area contributed by atoms with Crippen molar-refractivity contribution in [3.8, 4) is 11.5 Å². The summed E-state index contributed by atoms with van der Waals surface area (Å²) >= 11 is 0. The number of amides is 2. The molecule has 1 N–H and O–H groups in total. The lowest BCUT2D eigenvalue weighted by atomic mass is 10.1. The standard InChI is InChI=1S/C27H37N3O6S/c1-5-20(3)28-27(32)23(6-2)29(15-14-21-10-8-7-9-11-21)26(31)19-30(37(4,33)34)22-12-13-24-25(18-22)36-17-16-35-24/h7-13,18,20,23H,5-6,14-17,19H2,1-4H3,(H,28,32). The molecule has 10 heteroatoms. The Labute approximate surface area is 219 Å². The minimum absolute atomic E-state index is 0.0437. The van der Waals surface area contributed by atoms with E-state index in [9.17, 15) is 18.0 Å². The Morgan fingerprint density at radius 1 is 1.00 bits per heavy atom. The van der Waals surface area contributed by atoms with Crippen molar-refractivity contribution >= 4 is 27.5 Å². The predicted octanol–water partition coefficient (Wildman–Crippen LogP) is 2.99. The molecule has 0 saturated heterocycles. The van der Waals surface area contributed by atoms with Crippen molar-refractivity contribution in [2.45, 2.75) is 52.1 Å². The zero-order valence-corrected chi connectivity index (χ0v) is 22.8. The minimum Gasteiger partial charge on any atom is -0.486 e. The lowest BCUT2D eigenvalue weighted by Gasteiger charge is -2.33. The first-order chi connectivity index (χ1) is 17.6. The average Bonchev–Trinajstić information content (AvgIpc) is 2.88. The van der Waals surface area contributed by atoms with Gasteiger partial charge in [0.25, 0.3) is 0 Å². The van der Waals surface area contributed by atoms with Crippen LogP contribution < -0.4 is 19.1 Å². The summed E-state index contributed by atoms with van der Waals surface area (Å²) in [7, 11) is -3.83. The van der Waals surface area contributed by atoms with Crippen LogP contribution in [0.2, 0.25) is 0 Å². The highest BCUT2D eigenvalue weighted by Gasteiger charge is 2.32. The maximum absolute atomic E-state index is 13.7. The molecule has 2 unspecified atom stereocenters. The van der Waals surface area contributed by atoms with Crippen molar-refractivity contribution in [2.75, 3.05) is 36.9 Å². The van der Waals surface area contributed by atoms with Gasteiger partial charge >= 0.3 is 0 Å². The van der Waals surface area contributed by atoms with Crippen LogP contribution in [0.25, 0.3) is 0 Å². The van der Waals surface area contributed by atoms with E-state index in [-0.39, 0.29) is 18.5 Å². The van der Waals surface area contributed by atoms with Gasteiger partial charge in [-0.05, 0) is 43.9 Å². The number of hydrogen-bond acceptors (Lipinski definition) is 6. The molecular formula is C27H37N3O6S. The lowest BCUT2D eigenvalue weighted by molar-refractivity contribution is -0.139. The number of sulfonamides is 1. The van der Waals surface area contributed by atoms with Gasteiger partial charge in [0.2, 0.25) is 21.8 Å². The number of anilines is 1. The van der Waals surface area contributed by atoms with Crippen molar-refractivity contribution in [2.24, 2.45) is 0 Å². The summed E-state index contributed by atoms with van der Waals surface area (Å²) in [6, 6.07) is 13.7. The monoisotopic (exact) mass is 531 g/mol. The van der Waals surface area contributed by atoms with Crippen molar-refractivity contribution < 1.29 is 27.5 Å². The van der Waals surface area contributed by atoms with Crippen molar-refractivity contribution in [1.29, 1.82) is 0 Å². The van der Waals surface area contributed by atoms with Crippen molar-refractivity contribution in [3.05, 3.63) is 54.1 Å². The van der Waals surface area contributed by atoms with E-state index >= 15 is 0 Å². The van der Waals surface area contributed by atoms with E-state index in [1.165, 1.54) is 4.90 Å². The Morgan fingerprint density at radius 3 is 2.30 bits per heavy atom. The molecule has 2 aromatic rings. The number of ether oxygens (including phenoxy) is 2. The molecule has 0 fully saturated rings. The molecule has 0 spiro atoms. The van der Waals surface area contributed by atoms with Gasteiger partial charge in [-0.3, -0.25) is 13.9 Å². The molecule has 37 heavy (non-hydrogen) atoms. The summed E-state index contributed by atoms with van der Waals surface area (Å²) in [6.45, 7) is 6.32. The molecule has 3 rings (SSSR count). The van der Waals surface area contributed by atoms with Crippen LogP contribution in [0.1, 0.15) is 39.2 Å². The van der Waals surface area contributed by atoms with E-state index in [0.29, 0.717) is 43.2 Å². The number of carbonyl (C=O) groups excluding carboxylic acids is 2. The number of nitrogens with one attached hydrogen (secondary N) is 1. The minimum atomic E-state index is -3.83. The third-order valence-corrected chi connectivity index (χ3v) is 7.50. The second-order valence-corrected chi connectivity index (χ2v) is 11.1. The highest BCUT2D eigenvalue weighted by atomic mass is 32.2. The van der Waals surface area contributed by atoms with Gasteiger partial charge in [-0.1, -0.05) is 44.2 Å². The highest BCUT2D eigenvalue weighted by Crippen LogP contribution is 2.34. The van der Waals surface area contributed by atoms with E-state index in [0.717, 1.165) is 22.5 Å². The van der Waals surface area contributed by atoms with Crippen LogP contribution in [0.4, 0.5) is 5.69 Å². The van der Waals surface area contributed by atoms with Gasteiger partial charge < -0.3 is 19.7 Å². The summed E-state index contributed by atoms with van der Waals surface area (Å²) in [4.78, 5) is 28.4. The van der Waals surface area contributed by atoms with Crippen LogP contribution in [-0.4, -0.2) is 69.8 Å². The molecular weight excluding hydrogens is 494 g/mol. The molecule has 0 saturated carbocycles. The topological polar surface area (TPSA) is 105 Å². The molecule has 0 aliphatic carbocycles. The van der Waals surface area contributed by atoms with E-state index in [2.05, 4.69) is 5.32 Å². The fourth-order valence-electron chi connectivity index (χ4n) is 4.14. The lowest BCUT2D eigenvalue weighted by Crippen LogP contribution is -2.54. The molecule has 1 aliphatic rings. The molecule has 0 radical (unpaired) electrons. The summed E-state index contributed by atoms with van der Waals surface area (Å²) in [5, 5.41) is 2.97. The summed E-state index contributed by atoms with van der Waals surface area (Å²) in [5.41, 5.74) is 1.31. The third-order valence-electron chi connectivity index (χ3n) is 6.36. The van der Waals surface area contributed by atoms with Gasteiger partial charge in [-0.15, -0.1) is 0 Å². The number of rotatable bonds is 12. The van der Waals surface area contributed by atoms with Gasteiger partial charge in [0.05, 0.1) is 11.9 Å². The molecule has 9 nitrogen and oxygen atoms in total. The Kier molecular flexibility index (Phi) is 9.79. The smallest absolute Gasteiger partial charge is 0.244 e. The van der Waals surface area contributed by atoms with E-state index in [1.807, 2.05) is 51.1 Å².